The number of hydrogen-bond acceptors (Lipinski definition) is 1. The highest BCUT2D eigenvalue weighted by Gasteiger charge is 2.19. The number of fused-ring (bicyclic) bond motifs is 5. The van der Waals surface area contributed by atoms with E-state index in [0.717, 1.165) is 0 Å². The second kappa shape index (κ2) is 6.01. The Labute approximate surface area is 178 Å². The topological polar surface area (TPSA) is 15.8 Å². The quantitative estimate of drug-likeness (QED) is 0.294. The van der Waals surface area contributed by atoms with Gasteiger partial charge in [-0.15, -0.1) is 0 Å². The summed E-state index contributed by atoms with van der Waals surface area (Å²) in [5, 5.41) is 5.25. The van der Waals surface area contributed by atoms with Crippen LogP contribution in [-0.2, 0) is 0 Å². The average Bonchev–Trinajstić information content (AvgIpc) is 3.17. The second-order valence-corrected chi connectivity index (χ2v) is 8.99. The molecular weight excluding hydrogens is 382 g/mol. The highest BCUT2D eigenvalue weighted by Crippen LogP contribution is 2.48. The molecule has 7 rings (SSSR count). The summed E-state index contributed by atoms with van der Waals surface area (Å²) in [6, 6.07) is 35.4. The van der Waals surface area contributed by atoms with Gasteiger partial charge in [0.25, 0.3) is 0 Å². The number of aromatic amines is 1. The monoisotopic (exact) mass is 399 g/mol. The number of rotatable bonds is 1. The van der Waals surface area contributed by atoms with Crippen molar-refractivity contribution < 1.29 is 0 Å². The van der Waals surface area contributed by atoms with Crippen molar-refractivity contribution in [3.63, 3.8) is 0 Å². The van der Waals surface area contributed by atoms with Crippen LogP contribution in [0, 0.1) is 0 Å². The summed E-state index contributed by atoms with van der Waals surface area (Å²) in [6.45, 7) is 0. The number of H-pyrrole nitrogens is 1. The van der Waals surface area contributed by atoms with Crippen LogP contribution in [0.2, 0.25) is 0 Å². The number of nitrogens with one attached hydrogen (secondary N) is 1. The Hall–Kier alpha value is -3.49. The van der Waals surface area contributed by atoms with Gasteiger partial charge in [-0.2, -0.15) is 0 Å². The van der Waals surface area contributed by atoms with Crippen LogP contribution in [-0.4, -0.2) is 4.98 Å². The molecule has 1 aliphatic rings. The number of para-hydroxylation sites is 1. The molecule has 1 aromatic heterocycles. The standard InChI is InChI=1S/C28H17NS/c1-2-9-24-20(7-1)22-15-18(11-13-25(22)29-24)19-12-14-26-23(16-19)21-8-3-5-17-6-4-10-27(30-26)28(17)21/h1-16,29H. The minimum atomic E-state index is 1.19. The van der Waals surface area contributed by atoms with Crippen LogP contribution >= 0.6 is 11.8 Å². The molecule has 6 aromatic rings. The van der Waals surface area contributed by atoms with Crippen molar-refractivity contribution in [2.45, 2.75) is 9.79 Å². The molecule has 2 heteroatoms. The van der Waals surface area contributed by atoms with E-state index in [-0.39, 0.29) is 0 Å². The Kier molecular flexibility index (Phi) is 3.27. The van der Waals surface area contributed by atoms with Gasteiger partial charge in [0.05, 0.1) is 0 Å². The van der Waals surface area contributed by atoms with Gasteiger partial charge < -0.3 is 4.98 Å². The molecule has 0 saturated heterocycles. The van der Waals surface area contributed by atoms with E-state index in [1.807, 2.05) is 11.8 Å². The lowest BCUT2D eigenvalue weighted by Crippen LogP contribution is -1.93. The molecule has 1 nitrogen and oxygen atoms in total. The zero-order valence-electron chi connectivity index (χ0n) is 16.1. The van der Waals surface area contributed by atoms with Gasteiger partial charge in [-0.1, -0.05) is 72.4 Å². The summed E-state index contributed by atoms with van der Waals surface area (Å²) in [4.78, 5) is 6.21. The first-order valence-electron chi connectivity index (χ1n) is 10.2. The second-order valence-electron chi connectivity index (χ2n) is 7.90. The fourth-order valence-electron chi connectivity index (χ4n) is 4.77. The van der Waals surface area contributed by atoms with Crippen LogP contribution in [0.1, 0.15) is 0 Å². The van der Waals surface area contributed by atoms with E-state index in [4.69, 9.17) is 0 Å². The minimum Gasteiger partial charge on any atom is -0.355 e. The van der Waals surface area contributed by atoms with Crippen molar-refractivity contribution in [1.29, 1.82) is 0 Å². The van der Waals surface area contributed by atoms with Crippen molar-refractivity contribution >= 4 is 44.3 Å². The first-order valence-corrected chi connectivity index (χ1v) is 11.0. The van der Waals surface area contributed by atoms with E-state index in [1.165, 1.54) is 64.6 Å². The van der Waals surface area contributed by atoms with Crippen molar-refractivity contribution in [3.8, 4) is 22.3 Å². The molecule has 2 heterocycles. The van der Waals surface area contributed by atoms with E-state index >= 15 is 0 Å². The molecule has 0 radical (unpaired) electrons. The summed E-state index contributed by atoms with van der Waals surface area (Å²) in [5.74, 6) is 0. The Morgan fingerprint density at radius 1 is 0.533 bits per heavy atom. The number of aromatic nitrogens is 1. The van der Waals surface area contributed by atoms with E-state index in [1.54, 1.807) is 0 Å². The van der Waals surface area contributed by atoms with Crippen molar-refractivity contribution in [1.82, 2.24) is 4.98 Å². The zero-order valence-corrected chi connectivity index (χ0v) is 17.0. The lowest BCUT2D eigenvalue weighted by molar-refractivity contribution is 1.40. The van der Waals surface area contributed by atoms with Crippen LogP contribution in [0.3, 0.4) is 0 Å². The SMILES string of the molecule is c1cc2c3c(cccc3c1)-c1cc(-c3ccc4[nH]c5ccccc5c4c3)ccc1S2. The maximum absolute atomic E-state index is 3.53. The fraction of sp³-hybridized carbons (Fsp3) is 0. The third-order valence-corrected chi connectivity index (χ3v) is 7.33. The molecule has 1 aliphatic heterocycles. The molecule has 0 amide bonds. The summed E-state index contributed by atoms with van der Waals surface area (Å²) < 4.78 is 0. The highest BCUT2D eigenvalue weighted by atomic mass is 32.2. The lowest BCUT2D eigenvalue weighted by Gasteiger charge is -2.21. The molecule has 0 saturated carbocycles. The third-order valence-electron chi connectivity index (χ3n) is 6.20. The van der Waals surface area contributed by atoms with Crippen LogP contribution in [0.15, 0.2) is 107 Å². The molecule has 0 unspecified atom stereocenters. The lowest BCUT2D eigenvalue weighted by atomic mass is 9.94. The molecule has 30 heavy (non-hydrogen) atoms. The fourth-order valence-corrected chi connectivity index (χ4v) is 5.90. The highest BCUT2D eigenvalue weighted by molar-refractivity contribution is 7.99. The van der Waals surface area contributed by atoms with E-state index in [9.17, 15) is 0 Å². The Balaban J connectivity index is 1.45. The molecular formula is C28H17NS. The zero-order chi connectivity index (χ0) is 19.7. The van der Waals surface area contributed by atoms with Gasteiger partial charge in [0.1, 0.15) is 0 Å². The first kappa shape index (κ1) is 16.3. The van der Waals surface area contributed by atoms with Crippen LogP contribution in [0.4, 0.5) is 0 Å². The maximum atomic E-state index is 3.53. The van der Waals surface area contributed by atoms with Gasteiger partial charge in [0.15, 0.2) is 0 Å². The molecule has 0 bridgehead atoms. The van der Waals surface area contributed by atoms with Gasteiger partial charge >= 0.3 is 0 Å². The van der Waals surface area contributed by atoms with Crippen LogP contribution in [0.25, 0.3) is 54.8 Å². The smallest absolute Gasteiger partial charge is 0.0465 e. The summed E-state index contributed by atoms with van der Waals surface area (Å²) in [5.41, 5.74) is 7.57. The maximum Gasteiger partial charge on any atom is 0.0465 e. The summed E-state index contributed by atoms with van der Waals surface area (Å²) in [6.07, 6.45) is 0. The van der Waals surface area contributed by atoms with Gasteiger partial charge in [-0.3, -0.25) is 0 Å². The van der Waals surface area contributed by atoms with Crippen molar-refractivity contribution in [2.75, 3.05) is 0 Å². The predicted molar refractivity (Wildman–Crippen MR) is 128 cm³/mol. The molecule has 0 aliphatic carbocycles. The van der Waals surface area contributed by atoms with E-state index in [2.05, 4.69) is 102 Å². The molecule has 1 N–H and O–H groups in total. The third kappa shape index (κ3) is 2.25. The molecule has 0 fully saturated rings. The normalized spacial score (nSPS) is 12.5. The predicted octanol–water partition coefficient (Wildman–Crippen LogP) is 8.27. The van der Waals surface area contributed by atoms with E-state index in [0.29, 0.717) is 0 Å². The first-order chi connectivity index (χ1) is 14.8. The molecule has 0 spiro atoms. The summed E-state index contributed by atoms with van der Waals surface area (Å²) in [7, 11) is 0. The summed E-state index contributed by atoms with van der Waals surface area (Å²) >= 11 is 1.88. The Bertz CT molecular complexity index is 1620. The van der Waals surface area contributed by atoms with E-state index < -0.39 is 0 Å². The van der Waals surface area contributed by atoms with Crippen molar-refractivity contribution in [2.24, 2.45) is 0 Å². The van der Waals surface area contributed by atoms with Gasteiger partial charge in [0.2, 0.25) is 0 Å². The van der Waals surface area contributed by atoms with Crippen molar-refractivity contribution in [3.05, 3.63) is 97.1 Å². The Morgan fingerprint density at radius 2 is 1.33 bits per heavy atom. The molecule has 140 valence electrons. The number of benzene rings is 5. The average molecular weight is 400 g/mol. The molecule has 5 aromatic carbocycles. The van der Waals surface area contributed by atoms with Gasteiger partial charge in [-0.25, -0.2) is 0 Å². The largest absolute Gasteiger partial charge is 0.355 e. The van der Waals surface area contributed by atoms with Crippen LogP contribution < -0.4 is 0 Å². The van der Waals surface area contributed by atoms with Gasteiger partial charge in [0, 0.05) is 37.0 Å². The Morgan fingerprint density at radius 3 is 2.30 bits per heavy atom. The molecule has 0 atom stereocenters. The van der Waals surface area contributed by atoms with Gasteiger partial charge in [-0.05, 0) is 64.0 Å². The minimum absolute atomic E-state index is 1.19. The number of hydrogen-bond donors (Lipinski definition) is 1. The van der Waals surface area contributed by atoms with Crippen LogP contribution in [0.5, 0.6) is 0 Å².